The molecular weight excluding hydrogens is 262 g/mol. The number of para-hydroxylation sites is 1. The lowest BCUT2D eigenvalue weighted by Gasteiger charge is -2.09. The van der Waals surface area contributed by atoms with Crippen LogP contribution in [-0.2, 0) is 6.54 Å². The van der Waals surface area contributed by atoms with Crippen LogP contribution in [0.25, 0.3) is 0 Å². The lowest BCUT2D eigenvalue weighted by Crippen LogP contribution is -2.28. The molecule has 2 amide bonds. The fourth-order valence-corrected chi connectivity index (χ4v) is 1.80. The van der Waals surface area contributed by atoms with Gasteiger partial charge in [0.2, 0.25) is 0 Å². The van der Waals surface area contributed by atoms with Gasteiger partial charge in [-0.1, -0.05) is 35.9 Å². The highest BCUT2D eigenvalue weighted by atomic mass is 35.5. The first kappa shape index (κ1) is 13.2. The van der Waals surface area contributed by atoms with Gasteiger partial charge in [0.25, 0.3) is 0 Å². The Bertz CT molecular complexity index is 586. The minimum atomic E-state index is -0.310. The zero-order valence-electron chi connectivity index (χ0n) is 10.2. The van der Waals surface area contributed by atoms with Crippen LogP contribution in [0.5, 0.6) is 0 Å². The van der Waals surface area contributed by atoms with Crippen LogP contribution >= 0.6 is 11.6 Å². The lowest BCUT2D eigenvalue weighted by atomic mass is 10.2. The molecule has 0 bridgehead atoms. The van der Waals surface area contributed by atoms with Gasteiger partial charge in [-0.25, -0.2) is 4.79 Å². The fraction of sp³-hybridized carbons (Fsp3) is 0.0714. The minimum absolute atomic E-state index is 0.310. The van der Waals surface area contributed by atoms with E-state index in [1.807, 2.05) is 18.2 Å². The summed E-state index contributed by atoms with van der Waals surface area (Å²) in [7, 11) is 0. The molecule has 0 spiro atoms. The summed E-state index contributed by atoms with van der Waals surface area (Å²) in [6.07, 6.45) is 0. The third-order valence-corrected chi connectivity index (χ3v) is 2.86. The number of rotatable bonds is 3. The van der Waals surface area contributed by atoms with Gasteiger partial charge in [-0.15, -0.1) is 0 Å². The van der Waals surface area contributed by atoms with Crippen molar-refractivity contribution < 1.29 is 4.79 Å². The summed E-state index contributed by atoms with van der Waals surface area (Å²) in [6, 6.07) is 14.1. The van der Waals surface area contributed by atoms with E-state index in [4.69, 9.17) is 17.3 Å². The zero-order valence-corrected chi connectivity index (χ0v) is 10.9. The smallest absolute Gasteiger partial charge is 0.319 e. The van der Waals surface area contributed by atoms with Gasteiger partial charge in [0, 0.05) is 12.2 Å². The first-order valence-corrected chi connectivity index (χ1v) is 6.17. The van der Waals surface area contributed by atoms with Gasteiger partial charge >= 0.3 is 6.03 Å². The van der Waals surface area contributed by atoms with Crippen LogP contribution in [-0.4, -0.2) is 6.03 Å². The Kier molecular flexibility index (Phi) is 4.26. The van der Waals surface area contributed by atoms with E-state index in [1.165, 1.54) is 0 Å². The predicted octanol–water partition coefficient (Wildman–Crippen LogP) is 3.24. The molecule has 0 radical (unpaired) electrons. The number of amides is 2. The van der Waals surface area contributed by atoms with E-state index in [0.717, 1.165) is 5.56 Å². The van der Waals surface area contributed by atoms with Gasteiger partial charge in [-0.2, -0.15) is 0 Å². The first-order valence-electron chi connectivity index (χ1n) is 5.79. The number of carbonyl (C=O) groups excluding carboxylic acids is 1. The number of hydrogen-bond donors (Lipinski definition) is 3. The predicted molar refractivity (Wildman–Crippen MR) is 78.2 cm³/mol. The molecule has 98 valence electrons. The molecule has 2 aromatic carbocycles. The van der Waals surface area contributed by atoms with Crippen LogP contribution < -0.4 is 16.4 Å². The maximum Gasteiger partial charge on any atom is 0.319 e. The highest BCUT2D eigenvalue weighted by molar-refractivity contribution is 6.33. The Hall–Kier alpha value is -2.20. The number of nitrogens with one attached hydrogen (secondary N) is 2. The van der Waals surface area contributed by atoms with Crippen LogP contribution in [0.2, 0.25) is 5.02 Å². The molecule has 0 fully saturated rings. The lowest BCUT2D eigenvalue weighted by molar-refractivity contribution is 0.251. The van der Waals surface area contributed by atoms with Crippen LogP contribution in [0, 0.1) is 0 Å². The summed E-state index contributed by atoms with van der Waals surface area (Å²) in [5.74, 6) is 0. The van der Waals surface area contributed by atoms with Crippen molar-refractivity contribution in [1.82, 2.24) is 5.32 Å². The summed E-state index contributed by atoms with van der Waals surface area (Å²) in [6.45, 7) is 0.404. The standard InChI is InChI=1S/C14H14ClN3O/c15-12-6-1-2-7-13(12)18-14(19)17-9-10-4-3-5-11(16)8-10/h1-8H,9,16H2,(H2,17,18,19). The SMILES string of the molecule is Nc1cccc(CNC(=O)Nc2ccccc2Cl)c1. The normalized spacial score (nSPS) is 9.95. The molecule has 0 heterocycles. The number of benzene rings is 2. The number of nitrogen functional groups attached to an aromatic ring is 1. The van der Waals surface area contributed by atoms with Gasteiger partial charge in [0.1, 0.15) is 0 Å². The van der Waals surface area contributed by atoms with Crippen LogP contribution in [0.4, 0.5) is 16.2 Å². The monoisotopic (exact) mass is 275 g/mol. The average Bonchev–Trinajstić information content (AvgIpc) is 2.39. The number of carbonyl (C=O) groups is 1. The van der Waals surface area contributed by atoms with Crippen molar-refractivity contribution in [3.63, 3.8) is 0 Å². The van der Waals surface area contributed by atoms with Crippen molar-refractivity contribution >= 4 is 29.0 Å². The van der Waals surface area contributed by atoms with Crippen LogP contribution in [0.1, 0.15) is 5.56 Å². The molecule has 5 heteroatoms. The average molecular weight is 276 g/mol. The Morgan fingerprint density at radius 3 is 2.68 bits per heavy atom. The molecule has 2 rings (SSSR count). The number of urea groups is 1. The van der Waals surface area contributed by atoms with Crippen molar-refractivity contribution in [3.05, 3.63) is 59.1 Å². The Morgan fingerprint density at radius 2 is 1.95 bits per heavy atom. The zero-order chi connectivity index (χ0) is 13.7. The second-order valence-electron chi connectivity index (χ2n) is 4.03. The summed E-state index contributed by atoms with van der Waals surface area (Å²) in [5.41, 5.74) is 7.85. The van der Waals surface area contributed by atoms with E-state index < -0.39 is 0 Å². The Labute approximate surface area is 116 Å². The number of anilines is 2. The third kappa shape index (κ3) is 3.89. The Morgan fingerprint density at radius 1 is 1.16 bits per heavy atom. The van der Waals surface area contributed by atoms with Crippen molar-refractivity contribution in [2.75, 3.05) is 11.1 Å². The molecule has 0 aliphatic carbocycles. The molecular formula is C14H14ClN3O. The van der Waals surface area contributed by atoms with E-state index >= 15 is 0 Å². The summed E-state index contributed by atoms with van der Waals surface area (Å²) in [5, 5.41) is 5.92. The quantitative estimate of drug-likeness (QED) is 0.753. The van der Waals surface area contributed by atoms with E-state index in [1.54, 1.807) is 30.3 Å². The summed E-state index contributed by atoms with van der Waals surface area (Å²) >= 11 is 5.95. The molecule has 0 saturated carbocycles. The largest absolute Gasteiger partial charge is 0.399 e. The topological polar surface area (TPSA) is 67.1 Å². The van der Waals surface area contributed by atoms with E-state index in [2.05, 4.69) is 10.6 Å². The summed E-state index contributed by atoms with van der Waals surface area (Å²) < 4.78 is 0. The van der Waals surface area contributed by atoms with Crippen LogP contribution in [0.15, 0.2) is 48.5 Å². The molecule has 2 aromatic rings. The van der Waals surface area contributed by atoms with Crippen molar-refractivity contribution in [3.8, 4) is 0 Å². The number of nitrogens with two attached hydrogens (primary N) is 1. The van der Waals surface area contributed by atoms with Gasteiger partial charge in [-0.05, 0) is 29.8 Å². The fourth-order valence-electron chi connectivity index (χ4n) is 1.61. The maximum absolute atomic E-state index is 11.7. The van der Waals surface area contributed by atoms with Gasteiger partial charge in [0.05, 0.1) is 10.7 Å². The Balaban J connectivity index is 1.90. The molecule has 0 aliphatic rings. The molecule has 19 heavy (non-hydrogen) atoms. The minimum Gasteiger partial charge on any atom is -0.399 e. The van der Waals surface area contributed by atoms with Gasteiger partial charge in [0.15, 0.2) is 0 Å². The van der Waals surface area contributed by atoms with Crippen molar-refractivity contribution in [2.24, 2.45) is 0 Å². The molecule has 0 saturated heterocycles. The molecule has 0 aliphatic heterocycles. The van der Waals surface area contributed by atoms with Crippen molar-refractivity contribution in [2.45, 2.75) is 6.54 Å². The van der Waals surface area contributed by atoms with E-state index in [9.17, 15) is 4.79 Å². The molecule has 4 nitrogen and oxygen atoms in total. The third-order valence-electron chi connectivity index (χ3n) is 2.53. The van der Waals surface area contributed by atoms with Crippen LogP contribution in [0.3, 0.4) is 0 Å². The second kappa shape index (κ2) is 6.11. The maximum atomic E-state index is 11.7. The molecule has 0 aromatic heterocycles. The molecule has 0 unspecified atom stereocenters. The molecule has 0 atom stereocenters. The van der Waals surface area contributed by atoms with Gasteiger partial charge < -0.3 is 16.4 Å². The molecule has 4 N–H and O–H groups in total. The number of halogens is 1. The number of hydrogen-bond acceptors (Lipinski definition) is 2. The van der Waals surface area contributed by atoms with Crippen molar-refractivity contribution in [1.29, 1.82) is 0 Å². The second-order valence-corrected chi connectivity index (χ2v) is 4.44. The van der Waals surface area contributed by atoms with E-state index in [-0.39, 0.29) is 6.03 Å². The highest BCUT2D eigenvalue weighted by Crippen LogP contribution is 2.20. The van der Waals surface area contributed by atoms with E-state index in [0.29, 0.717) is 22.9 Å². The highest BCUT2D eigenvalue weighted by Gasteiger charge is 2.04. The summed E-state index contributed by atoms with van der Waals surface area (Å²) in [4.78, 5) is 11.7. The van der Waals surface area contributed by atoms with Gasteiger partial charge in [-0.3, -0.25) is 0 Å². The first-order chi connectivity index (χ1) is 9.15.